The largest absolute Gasteiger partial charge is 0.365 e. The Bertz CT molecular complexity index is 1000. The SMILES string of the molecule is Cn1ncc2c(NCc3ccc(NS(=O)(=O)O)cc3Cl)ncnc21. The molecule has 0 unspecified atom stereocenters. The van der Waals surface area contributed by atoms with Crippen molar-refractivity contribution in [3.05, 3.63) is 41.3 Å². The molecule has 0 aliphatic carbocycles. The highest BCUT2D eigenvalue weighted by Crippen LogP contribution is 2.24. The van der Waals surface area contributed by atoms with Crippen LogP contribution in [0.4, 0.5) is 11.5 Å². The van der Waals surface area contributed by atoms with E-state index in [9.17, 15) is 8.42 Å². The van der Waals surface area contributed by atoms with Gasteiger partial charge in [-0.25, -0.2) is 9.97 Å². The van der Waals surface area contributed by atoms with Gasteiger partial charge in [-0.1, -0.05) is 17.7 Å². The number of hydrogen-bond donors (Lipinski definition) is 3. The highest BCUT2D eigenvalue weighted by atomic mass is 35.5. The Hall–Kier alpha value is -2.43. The van der Waals surface area contributed by atoms with E-state index in [1.807, 2.05) is 4.72 Å². The molecule has 0 aliphatic rings. The normalized spacial score (nSPS) is 11.6. The zero-order chi connectivity index (χ0) is 17.3. The second-order valence-electron chi connectivity index (χ2n) is 4.96. The summed E-state index contributed by atoms with van der Waals surface area (Å²) >= 11 is 6.14. The average molecular weight is 369 g/mol. The topological polar surface area (TPSA) is 122 Å². The van der Waals surface area contributed by atoms with E-state index in [-0.39, 0.29) is 5.69 Å². The molecule has 0 bridgehead atoms. The van der Waals surface area contributed by atoms with Gasteiger partial charge in [0.05, 0.1) is 17.3 Å². The van der Waals surface area contributed by atoms with Crippen LogP contribution in [0.15, 0.2) is 30.7 Å². The van der Waals surface area contributed by atoms with Gasteiger partial charge in [-0.15, -0.1) is 0 Å². The summed E-state index contributed by atoms with van der Waals surface area (Å²) in [6.45, 7) is 0.367. The summed E-state index contributed by atoms with van der Waals surface area (Å²) in [6, 6.07) is 4.55. The summed E-state index contributed by atoms with van der Waals surface area (Å²) in [7, 11) is -2.55. The molecule has 0 spiro atoms. The summed E-state index contributed by atoms with van der Waals surface area (Å²) in [5.41, 5.74) is 1.60. The third kappa shape index (κ3) is 3.55. The maximum Gasteiger partial charge on any atom is 0.357 e. The van der Waals surface area contributed by atoms with Gasteiger partial charge in [0.1, 0.15) is 12.1 Å². The Kier molecular flexibility index (Phi) is 4.26. The van der Waals surface area contributed by atoms with Gasteiger partial charge in [-0.3, -0.25) is 14.0 Å². The first-order valence-corrected chi connectivity index (χ1v) is 8.55. The van der Waals surface area contributed by atoms with Crippen LogP contribution in [0.2, 0.25) is 5.02 Å². The second-order valence-corrected chi connectivity index (χ2v) is 6.53. The first-order valence-electron chi connectivity index (χ1n) is 6.74. The molecule has 3 rings (SSSR count). The molecule has 0 fully saturated rings. The monoisotopic (exact) mass is 368 g/mol. The highest BCUT2D eigenvalue weighted by molar-refractivity contribution is 7.87. The first-order chi connectivity index (χ1) is 11.3. The maximum atomic E-state index is 10.8. The van der Waals surface area contributed by atoms with E-state index in [0.29, 0.717) is 23.0 Å². The number of benzene rings is 1. The van der Waals surface area contributed by atoms with Crippen molar-refractivity contribution in [1.82, 2.24) is 19.7 Å². The van der Waals surface area contributed by atoms with E-state index in [1.54, 1.807) is 24.0 Å². The second kappa shape index (κ2) is 6.23. The smallest absolute Gasteiger partial charge is 0.357 e. The number of nitrogens with zero attached hydrogens (tertiary/aromatic N) is 4. The Balaban J connectivity index is 1.79. The summed E-state index contributed by atoms with van der Waals surface area (Å²) in [4.78, 5) is 8.34. The van der Waals surface area contributed by atoms with Gasteiger partial charge in [-0.05, 0) is 17.7 Å². The fourth-order valence-electron chi connectivity index (χ4n) is 2.18. The molecule has 0 saturated heterocycles. The number of hydrogen-bond acceptors (Lipinski definition) is 6. The predicted molar refractivity (Wildman–Crippen MR) is 90.3 cm³/mol. The predicted octanol–water partition coefficient (Wildman–Crippen LogP) is 1.84. The van der Waals surface area contributed by atoms with Crippen LogP contribution in [0, 0.1) is 0 Å². The third-order valence-electron chi connectivity index (χ3n) is 3.28. The molecule has 0 aliphatic heterocycles. The van der Waals surface area contributed by atoms with Crippen LogP contribution in [0.1, 0.15) is 5.56 Å². The van der Waals surface area contributed by atoms with Crippen LogP contribution in [0.25, 0.3) is 11.0 Å². The third-order valence-corrected chi connectivity index (χ3v) is 4.12. The molecule has 3 aromatic rings. The van der Waals surface area contributed by atoms with Crippen LogP contribution in [-0.2, 0) is 23.9 Å². The molecule has 1 aromatic carbocycles. The lowest BCUT2D eigenvalue weighted by atomic mass is 10.2. The first kappa shape index (κ1) is 16.4. The summed E-state index contributed by atoms with van der Waals surface area (Å²) in [5.74, 6) is 0.615. The summed E-state index contributed by atoms with van der Waals surface area (Å²) in [6.07, 6.45) is 3.10. The molecule has 0 radical (unpaired) electrons. The van der Waals surface area contributed by atoms with Gasteiger partial charge in [0.2, 0.25) is 0 Å². The lowest BCUT2D eigenvalue weighted by Crippen LogP contribution is -2.10. The van der Waals surface area contributed by atoms with Crippen molar-refractivity contribution in [2.24, 2.45) is 7.05 Å². The Labute approximate surface area is 142 Å². The standard InChI is InChI=1S/C13H13ClN6O3S/c1-20-13-10(6-18-20)12(16-7-17-13)15-5-8-2-3-9(4-11(8)14)19-24(21,22)23/h2-4,6-7,19H,5H2,1H3,(H,15,16,17)(H,21,22,23). The van der Waals surface area contributed by atoms with Gasteiger partial charge < -0.3 is 5.32 Å². The Morgan fingerprint density at radius 3 is 2.83 bits per heavy atom. The fourth-order valence-corrected chi connectivity index (χ4v) is 2.86. The van der Waals surface area contributed by atoms with E-state index in [0.717, 1.165) is 10.9 Å². The number of halogens is 1. The molecule has 9 nitrogen and oxygen atoms in total. The van der Waals surface area contributed by atoms with Crippen molar-refractivity contribution in [2.45, 2.75) is 6.54 Å². The Morgan fingerprint density at radius 1 is 1.33 bits per heavy atom. The van der Waals surface area contributed by atoms with Crippen LogP contribution in [-0.4, -0.2) is 32.7 Å². The fraction of sp³-hybridized carbons (Fsp3) is 0.154. The molecule has 2 heterocycles. The molecule has 0 amide bonds. The number of fused-ring (bicyclic) bond motifs is 1. The van der Waals surface area contributed by atoms with Crippen LogP contribution in [0.5, 0.6) is 0 Å². The van der Waals surface area contributed by atoms with E-state index < -0.39 is 10.3 Å². The lowest BCUT2D eigenvalue weighted by Gasteiger charge is -2.10. The molecule has 126 valence electrons. The van der Waals surface area contributed by atoms with E-state index >= 15 is 0 Å². The van der Waals surface area contributed by atoms with Gasteiger partial charge in [0.25, 0.3) is 0 Å². The van der Waals surface area contributed by atoms with Crippen molar-refractivity contribution in [3.8, 4) is 0 Å². The Morgan fingerprint density at radius 2 is 2.12 bits per heavy atom. The minimum absolute atomic E-state index is 0.169. The molecule has 3 N–H and O–H groups in total. The number of aryl methyl sites for hydroxylation is 1. The van der Waals surface area contributed by atoms with Crippen molar-refractivity contribution < 1.29 is 13.0 Å². The van der Waals surface area contributed by atoms with E-state index in [4.69, 9.17) is 16.2 Å². The average Bonchev–Trinajstić information content (AvgIpc) is 2.87. The van der Waals surface area contributed by atoms with Crippen LogP contribution >= 0.6 is 11.6 Å². The van der Waals surface area contributed by atoms with Gasteiger partial charge >= 0.3 is 10.3 Å². The van der Waals surface area contributed by atoms with Crippen molar-refractivity contribution in [1.29, 1.82) is 0 Å². The van der Waals surface area contributed by atoms with E-state index in [1.165, 1.54) is 18.5 Å². The molecular weight excluding hydrogens is 356 g/mol. The van der Waals surface area contributed by atoms with E-state index in [2.05, 4.69) is 20.4 Å². The molecular formula is C13H13ClN6O3S. The summed E-state index contributed by atoms with van der Waals surface area (Å²) < 4.78 is 34.0. The minimum Gasteiger partial charge on any atom is -0.365 e. The highest BCUT2D eigenvalue weighted by Gasteiger charge is 2.10. The zero-order valence-electron chi connectivity index (χ0n) is 12.4. The molecule has 24 heavy (non-hydrogen) atoms. The molecule has 0 atom stereocenters. The molecule has 2 aromatic heterocycles. The zero-order valence-corrected chi connectivity index (χ0v) is 14.0. The maximum absolute atomic E-state index is 10.8. The summed E-state index contributed by atoms with van der Waals surface area (Å²) in [5, 5.41) is 8.40. The van der Waals surface area contributed by atoms with Crippen molar-refractivity contribution in [3.63, 3.8) is 0 Å². The molecule has 0 saturated carbocycles. The molecule has 11 heteroatoms. The van der Waals surface area contributed by atoms with Gasteiger partial charge in [0.15, 0.2) is 5.65 Å². The van der Waals surface area contributed by atoms with Gasteiger partial charge in [-0.2, -0.15) is 13.5 Å². The minimum atomic E-state index is -4.33. The number of nitrogens with one attached hydrogen (secondary N) is 2. The number of anilines is 2. The van der Waals surface area contributed by atoms with Crippen LogP contribution in [0.3, 0.4) is 0 Å². The number of aromatic nitrogens is 4. The number of rotatable bonds is 5. The van der Waals surface area contributed by atoms with Crippen LogP contribution < -0.4 is 10.0 Å². The quantitative estimate of drug-likeness (QED) is 0.587. The van der Waals surface area contributed by atoms with Gasteiger partial charge in [0, 0.05) is 18.6 Å². The van der Waals surface area contributed by atoms with Crippen molar-refractivity contribution >= 4 is 44.4 Å². The lowest BCUT2D eigenvalue weighted by molar-refractivity contribution is 0.489. The van der Waals surface area contributed by atoms with Crippen molar-refractivity contribution in [2.75, 3.05) is 10.0 Å².